The summed E-state index contributed by atoms with van der Waals surface area (Å²) in [5.74, 6) is 1.89. The molecule has 2 aromatic carbocycles. The number of nitrogens with one attached hydrogen (secondary N) is 1. The highest BCUT2D eigenvalue weighted by Crippen LogP contribution is 2.33. The number of benzene rings is 2. The molecule has 2 rings (SSSR count). The maximum absolute atomic E-state index is 12.5. The van der Waals surface area contributed by atoms with Gasteiger partial charge in [0, 0.05) is 16.6 Å². The Morgan fingerprint density at radius 1 is 1.19 bits per heavy atom. The van der Waals surface area contributed by atoms with Crippen molar-refractivity contribution in [3.8, 4) is 17.2 Å². The van der Waals surface area contributed by atoms with Gasteiger partial charge in [-0.05, 0) is 37.3 Å². The van der Waals surface area contributed by atoms with Crippen molar-refractivity contribution in [3.05, 3.63) is 55.1 Å². The summed E-state index contributed by atoms with van der Waals surface area (Å²) in [4.78, 5) is 13.4. The Balaban J connectivity index is 2.00. The molecule has 0 saturated heterocycles. The van der Waals surface area contributed by atoms with Crippen molar-refractivity contribution >= 4 is 23.4 Å². The van der Waals surface area contributed by atoms with Crippen molar-refractivity contribution in [1.29, 1.82) is 0 Å². The van der Waals surface area contributed by atoms with E-state index in [0.717, 1.165) is 4.90 Å². The molecule has 0 saturated carbocycles. The number of methoxy groups -OCH3 is 2. The van der Waals surface area contributed by atoms with Crippen molar-refractivity contribution in [3.63, 3.8) is 0 Å². The van der Waals surface area contributed by atoms with E-state index in [1.165, 1.54) is 11.8 Å². The Morgan fingerprint density at radius 2 is 1.96 bits per heavy atom. The van der Waals surface area contributed by atoms with Crippen LogP contribution in [0, 0.1) is 0 Å². The average Bonchev–Trinajstić information content (AvgIpc) is 2.66. The van der Waals surface area contributed by atoms with E-state index in [1.54, 1.807) is 26.4 Å². The third kappa shape index (κ3) is 5.46. The molecule has 1 atom stereocenters. The van der Waals surface area contributed by atoms with E-state index in [9.17, 15) is 4.79 Å². The lowest BCUT2D eigenvalue weighted by molar-refractivity contribution is -0.115. The number of hydrogen-bond acceptors (Lipinski definition) is 5. The number of rotatable bonds is 9. The Morgan fingerprint density at radius 3 is 2.65 bits per heavy atom. The molecular weight excluding hydrogens is 350 g/mol. The van der Waals surface area contributed by atoms with Crippen LogP contribution in [0.4, 0.5) is 5.69 Å². The molecule has 2 aromatic rings. The molecule has 1 N–H and O–H groups in total. The second kappa shape index (κ2) is 9.77. The van der Waals surface area contributed by atoms with Gasteiger partial charge in [0.05, 0.1) is 19.5 Å². The van der Waals surface area contributed by atoms with Crippen molar-refractivity contribution in [2.75, 3.05) is 26.1 Å². The van der Waals surface area contributed by atoms with E-state index in [1.807, 2.05) is 43.3 Å². The van der Waals surface area contributed by atoms with Gasteiger partial charge in [0.25, 0.3) is 0 Å². The fraction of sp³-hybridized carbons (Fsp3) is 0.250. The fourth-order valence-corrected chi connectivity index (χ4v) is 3.11. The van der Waals surface area contributed by atoms with Gasteiger partial charge in [-0.25, -0.2) is 0 Å². The molecule has 5 nitrogen and oxygen atoms in total. The quantitative estimate of drug-likeness (QED) is 0.522. The van der Waals surface area contributed by atoms with Gasteiger partial charge in [0.1, 0.15) is 12.4 Å². The van der Waals surface area contributed by atoms with Gasteiger partial charge in [-0.3, -0.25) is 4.79 Å². The van der Waals surface area contributed by atoms with Crippen LogP contribution in [0.2, 0.25) is 0 Å². The van der Waals surface area contributed by atoms with Crippen LogP contribution < -0.4 is 19.5 Å². The molecule has 0 spiro atoms. The van der Waals surface area contributed by atoms with E-state index >= 15 is 0 Å². The molecule has 0 aliphatic heterocycles. The number of carbonyl (C=O) groups is 1. The summed E-state index contributed by atoms with van der Waals surface area (Å²) in [6.07, 6.45) is 1.67. The van der Waals surface area contributed by atoms with Gasteiger partial charge in [0.2, 0.25) is 5.91 Å². The average molecular weight is 373 g/mol. The first-order valence-corrected chi connectivity index (χ1v) is 8.98. The molecule has 0 heterocycles. The number of ether oxygens (including phenoxy) is 3. The lowest BCUT2D eigenvalue weighted by Crippen LogP contribution is -2.22. The first kappa shape index (κ1) is 19.7. The predicted octanol–water partition coefficient (Wildman–Crippen LogP) is 4.39. The zero-order valence-electron chi connectivity index (χ0n) is 15.2. The molecule has 26 heavy (non-hydrogen) atoms. The Bertz CT molecular complexity index is 763. The fourth-order valence-electron chi connectivity index (χ4n) is 2.21. The van der Waals surface area contributed by atoms with E-state index in [4.69, 9.17) is 14.2 Å². The second-order valence-electron chi connectivity index (χ2n) is 5.39. The van der Waals surface area contributed by atoms with E-state index in [2.05, 4.69) is 11.9 Å². The molecule has 6 heteroatoms. The largest absolute Gasteiger partial charge is 0.493 e. The standard InChI is InChI=1S/C20H23NO4S/c1-5-11-25-16-8-6-7-15(12-16)21-20(22)14(2)26-17-9-10-18(23-3)19(13-17)24-4/h5-10,12-14H,1,11H2,2-4H3,(H,21,22)/t14-/m0/s1. The molecule has 0 fully saturated rings. The number of thioether (sulfide) groups is 1. The van der Waals surface area contributed by atoms with Crippen molar-refractivity contribution in [1.82, 2.24) is 0 Å². The molecule has 0 aliphatic carbocycles. The van der Waals surface area contributed by atoms with Crippen LogP contribution in [0.3, 0.4) is 0 Å². The van der Waals surface area contributed by atoms with Crippen molar-refractivity contribution in [2.45, 2.75) is 17.1 Å². The van der Waals surface area contributed by atoms with Crippen LogP contribution in [-0.4, -0.2) is 32.0 Å². The zero-order chi connectivity index (χ0) is 18.9. The zero-order valence-corrected chi connectivity index (χ0v) is 16.0. The highest BCUT2D eigenvalue weighted by Gasteiger charge is 2.16. The van der Waals surface area contributed by atoms with Crippen LogP contribution in [0.25, 0.3) is 0 Å². The molecule has 138 valence electrons. The van der Waals surface area contributed by atoms with Gasteiger partial charge in [-0.15, -0.1) is 11.8 Å². The molecule has 0 unspecified atom stereocenters. The van der Waals surface area contributed by atoms with Crippen molar-refractivity contribution < 1.29 is 19.0 Å². The van der Waals surface area contributed by atoms with Gasteiger partial charge in [-0.1, -0.05) is 18.7 Å². The molecule has 0 bridgehead atoms. The monoisotopic (exact) mass is 373 g/mol. The number of amides is 1. The first-order chi connectivity index (χ1) is 12.6. The van der Waals surface area contributed by atoms with Crippen LogP contribution in [-0.2, 0) is 4.79 Å². The number of anilines is 1. The van der Waals surface area contributed by atoms with Gasteiger partial charge >= 0.3 is 0 Å². The Hall–Kier alpha value is -2.60. The summed E-state index contributed by atoms with van der Waals surface area (Å²) < 4.78 is 16.0. The first-order valence-electron chi connectivity index (χ1n) is 8.10. The second-order valence-corrected chi connectivity index (χ2v) is 6.81. The van der Waals surface area contributed by atoms with Crippen LogP contribution in [0.5, 0.6) is 17.2 Å². The summed E-state index contributed by atoms with van der Waals surface area (Å²) in [6.45, 7) is 5.89. The van der Waals surface area contributed by atoms with Gasteiger partial charge in [-0.2, -0.15) is 0 Å². The van der Waals surface area contributed by atoms with E-state index < -0.39 is 0 Å². The number of carbonyl (C=O) groups excluding carboxylic acids is 1. The molecule has 1 amide bonds. The Labute approximate surface area is 158 Å². The normalized spacial score (nSPS) is 11.3. The molecular formula is C20H23NO4S. The topological polar surface area (TPSA) is 56.8 Å². The van der Waals surface area contributed by atoms with Crippen LogP contribution >= 0.6 is 11.8 Å². The summed E-state index contributed by atoms with van der Waals surface area (Å²) in [5, 5.41) is 2.62. The summed E-state index contributed by atoms with van der Waals surface area (Å²) >= 11 is 1.45. The van der Waals surface area contributed by atoms with Crippen LogP contribution in [0.1, 0.15) is 6.92 Å². The smallest absolute Gasteiger partial charge is 0.237 e. The lowest BCUT2D eigenvalue weighted by Gasteiger charge is -2.14. The highest BCUT2D eigenvalue weighted by molar-refractivity contribution is 8.00. The summed E-state index contributed by atoms with van der Waals surface area (Å²) in [6, 6.07) is 12.9. The molecule has 0 radical (unpaired) electrons. The SMILES string of the molecule is C=CCOc1cccc(NC(=O)[C@H](C)Sc2ccc(OC)c(OC)c2)c1. The highest BCUT2D eigenvalue weighted by atomic mass is 32.2. The van der Waals surface area contributed by atoms with E-state index in [0.29, 0.717) is 29.5 Å². The van der Waals surface area contributed by atoms with Crippen LogP contribution in [0.15, 0.2) is 60.0 Å². The van der Waals surface area contributed by atoms with Crippen molar-refractivity contribution in [2.24, 2.45) is 0 Å². The minimum atomic E-state index is -0.286. The summed E-state index contributed by atoms with van der Waals surface area (Å²) in [5.41, 5.74) is 0.691. The molecule has 0 aliphatic rings. The third-order valence-corrected chi connectivity index (χ3v) is 4.60. The molecule has 0 aromatic heterocycles. The predicted molar refractivity (Wildman–Crippen MR) is 106 cm³/mol. The van der Waals surface area contributed by atoms with Gasteiger partial charge in [0.15, 0.2) is 11.5 Å². The number of hydrogen-bond donors (Lipinski definition) is 1. The maximum atomic E-state index is 12.5. The lowest BCUT2D eigenvalue weighted by atomic mass is 10.3. The third-order valence-electron chi connectivity index (χ3n) is 3.51. The minimum absolute atomic E-state index is 0.0920. The maximum Gasteiger partial charge on any atom is 0.237 e. The van der Waals surface area contributed by atoms with E-state index in [-0.39, 0.29) is 11.2 Å². The Kier molecular flexibility index (Phi) is 7.41. The minimum Gasteiger partial charge on any atom is -0.493 e. The summed E-state index contributed by atoms with van der Waals surface area (Å²) in [7, 11) is 3.18. The van der Waals surface area contributed by atoms with Gasteiger partial charge < -0.3 is 19.5 Å².